The lowest BCUT2D eigenvalue weighted by Crippen LogP contribution is -2.56. The largest absolute Gasteiger partial charge is 0.387 e. The number of ether oxygens (including phenoxy) is 1. The molecule has 0 aromatic carbocycles. The third-order valence-electron chi connectivity index (χ3n) is 1.75. The predicted octanol–water partition coefficient (Wildman–Crippen LogP) is -2.58. The van der Waals surface area contributed by atoms with Crippen molar-refractivity contribution in [2.45, 2.75) is 30.7 Å². The number of aliphatic hydroxyl groups excluding tert-OH is 4. The Balaban J connectivity index is 2.72. The zero-order valence-electron chi connectivity index (χ0n) is 6.16. The maximum atomic E-state index is 9.14. The van der Waals surface area contributed by atoms with Gasteiger partial charge in [0.2, 0.25) is 0 Å². The van der Waals surface area contributed by atoms with Crippen LogP contribution in [0.3, 0.4) is 0 Å². The minimum absolute atomic E-state index is 1.08. The second-order valence-corrected chi connectivity index (χ2v) is 2.59. The first kappa shape index (κ1) is 9.45. The van der Waals surface area contributed by atoms with Crippen LogP contribution in [0.15, 0.2) is 0 Å². The van der Waals surface area contributed by atoms with Crippen molar-refractivity contribution < 1.29 is 25.2 Å². The summed E-state index contributed by atoms with van der Waals surface area (Å²) < 4.78 is 4.59. The first-order valence-corrected chi connectivity index (χ1v) is 3.41. The Kier molecular flexibility index (Phi) is 2.67. The molecule has 1 aliphatic heterocycles. The van der Waals surface area contributed by atoms with E-state index in [1.165, 1.54) is 0 Å². The van der Waals surface area contributed by atoms with Crippen molar-refractivity contribution in [3.05, 3.63) is 0 Å². The predicted molar refractivity (Wildman–Crippen MR) is 37.7 cm³/mol. The topological polar surface area (TPSA) is 90.2 Å². The Morgan fingerprint density at radius 1 is 1.00 bits per heavy atom. The van der Waals surface area contributed by atoms with Gasteiger partial charge in [0.05, 0.1) is 0 Å². The number of rotatable bonds is 0. The SMILES string of the molecule is C#CC1O[C@@H](O)[C@@H](O)[C@H](O)[C@@H]1O. The lowest BCUT2D eigenvalue weighted by molar-refractivity contribution is -0.269. The molecule has 0 aromatic rings. The van der Waals surface area contributed by atoms with Gasteiger partial charge in [-0.15, -0.1) is 6.42 Å². The third-order valence-corrected chi connectivity index (χ3v) is 1.75. The van der Waals surface area contributed by atoms with Crippen molar-refractivity contribution >= 4 is 0 Å². The molecule has 0 radical (unpaired) electrons. The van der Waals surface area contributed by atoms with Crippen LogP contribution >= 0.6 is 0 Å². The van der Waals surface area contributed by atoms with E-state index in [1.807, 2.05) is 5.92 Å². The van der Waals surface area contributed by atoms with Gasteiger partial charge in [-0.1, -0.05) is 5.92 Å². The quantitative estimate of drug-likeness (QED) is 0.303. The van der Waals surface area contributed by atoms with Crippen LogP contribution in [0, 0.1) is 12.3 Å². The molecule has 0 aliphatic carbocycles. The van der Waals surface area contributed by atoms with Crippen LogP contribution in [-0.2, 0) is 4.74 Å². The monoisotopic (exact) mass is 174 g/mol. The lowest BCUT2D eigenvalue weighted by atomic mass is 10.00. The van der Waals surface area contributed by atoms with Gasteiger partial charge in [-0.3, -0.25) is 0 Å². The Hall–Kier alpha value is -0.640. The van der Waals surface area contributed by atoms with E-state index in [-0.39, 0.29) is 0 Å². The number of hydrogen-bond acceptors (Lipinski definition) is 5. The Labute approximate surface area is 69.2 Å². The van der Waals surface area contributed by atoms with E-state index >= 15 is 0 Å². The highest BCUT2D eigenvalue weighted by atomic mass is 16.6. The molecule has 0 aromatic heterocycles. The molecule has 5 nitrogen and oxygen atoms in total. The average molecular weight is 174 g/mol. The zero-order valence-corrected chi connectivity index (χ0v) is 6.16. The smallest absolute Gasteiger partial charge is 0.185 e. The molecular weight excluding hydrogens is 164 g/mol. The van der Waals surface area contributed by atoms with Crippen LogP contribution < -0.4 is 0 Å². The summed E-state index contributed by atoms with van der Waals surface area (Å²) in [5, 5.41) is 36.1. The van der Waals surface area contributed by atoms with Gasteiger partial charge in [-0.25, -0.2) is 0 Å². The molecule has 5 heteroatoms. The normalized spacial score (nSPS) is 48.4. The van der Waals surface area contributed by atoms with Crippen molar-refractivity contribution in [3.63, 3.8) is 0 Å². The van der Waals surface area contributed by atoms with Crippen molar-refractivity contribution in [2.24, 2.45) is 0 Å². The zero-order chi connectivity index (χ0) is 9.30. The molecular formula is C7H10O5. The first-order chi connectivity index (χ1) is 5.57. The van der Waals surface area contributed by atoms with Crippen molar-refractivity contribution in [1.29, 1.82) is 0 Å². The standard InChI is InChI=1S/C7H10O5/c1-2-3-4(8)5(9)6(10)7(11)12-3/h1,3-11H/t3?,4-,5-,6+,7-/m1/s1. The summed E-state index contributed by atoms with van der Waals surface area (Å²) in [5.74, 6) is 2.03. The minimum Gasteiger partial charge on any atom is -0.387 e. The van der Waals surface area contributed by atoms with E-state index in [9.17, 15) is 0 Å². The van der Waals surface area contributed by atoms with Crippen LogP contribution in [0.4, 0.5) is 0 Å². The maximum Gasteiger partial charge on any atom is 0.185 e. The fourth-order valence-corrected chi connectivity index (χ4v) is 0.999. The summed E-state index contributed by atoms with van der Waals surface area (Å²) in [6.07, 6.45) is -2.08. The summed E-state index contributed by atoms with van der Waals surface area (Å²) in [6.45, 7) is 0. The molecule has 4 N–H and O–H groups in total. The van der Waals surface area contributed by atoms with Crippen molar-refractivity contribution in [3.8, 4) is 12.3 Å². The first-order valence-electron chi connectivity index (χ1n) is 3.41. The Bertz CT molecular complexity index is 198. The van der Waals surface area contributed by atoms with E-state index in [0.29, 0.717) is 0 Å². The third kappa shape index (κ3) is 1.43. The van der Waals surface area contributed by atoms with Gasteiger partial charge in [0.15, 0.2) is 6.29 Å². The second-order valence-electron chi connectivity index (χ2n) is 2.59. The number of aliphatic hydroxyl groups is 4. The number of terminal acetylenes is 1. The van der Waals surface area contributed by atoms with Gasteiger partial charge in [0, 0.05) is 0 Å². The van der Waals surface area contributed by atoms with Gasteiger partial charge in [0.25, 0.3) is 0 Å². The Morgan fingerprint density at radius 3 is 2.08 bits per heavy atom. The molecule has 68 valence electrons. The highest BCUT2D eigenvalue weighted by Gasteiger charge is 2.42. The maximum absolute atomic E-state index is 9.14. The van der Waals surface area contributed by atoms with E-state index in [0.717, 1.165) is 0 Å². The van der Waals surface area contributed by atoms with Crippen LogP contribution in [-0.4, -0.2) is 51.1 Å². The van der Waals surface area contributed by atoms with Gasteiger partial charge in [-0.2, -0.15) is 0 Å². The average Bonchev–Trinajstić information content (AvgIpc) is 2.08. The summed E-state index contributed by atoms with van der Waals surface area (Å²) in [6, 6.07) is 0. The molecule has 1 aliphatic rings. The molecule has 1 unspecified atom stereocenters. The van der Waals surface area contributed by atoms with Gasteiger partial charge in [0.1, 0.15) is 24.4 Å². The van der Waals surface area contributed by atoms with Gasteiger partial charge < -0.3 is 25.2 Å². The van der Waals surface area contributed by atoms with E-state index in [1.54, 1.807) is 0 Å². The summed E-state index contributed by atoms with van der Waals surface area (Å²) >= 11 is 0. The van der Waals surface area contributed by atoms with E-state index in [2.05, 4.69) is 4.74 Å². The van der Waals surface area contributed by atoms with Crippen LogP contribution in [0.1, 0.15) is 0 Å². The molecule has 0 saturated carbocycles. The highest BCUT2D eigenvalue weighted by Crippen LogP contribution is 2.18. The summed E-state index contributed by atoms with van der Waals surface area (Å²) in [5.41, 5.74) is 0. The van der Waals surface area contributed by atoms with Crippen LogP contribution in [0.25, 0.3) is 0 Å². The van der Waals surface area contributed by atoms with Crippen LogP contribution in [0.2, 0.25) is 0 Å². The second kappa shape index (κ2) is 3.39. The highest BCUT2D eigenvalue weighted by molar-refractivity contribution is 5.04. The van der Waals surface area contributed by atoms with Crippen LogP contribution in [0.5, 0.6) is 0 Å². The molecule has 0 spiro atoms. The van der Waals surface area contributed by atoms with Gasteiger partial charge in [-0.05, 0) is 0 Å². The molecule has 5 atom stereocenters. The summed E-state index contributed by atoms with van der Waals surface area (Å²) in [4.78, 5) is 0. The summed E-state index contributed by atoms with van der Waals surface area (Å²) in [7, 11) is 0. The van der Waals surface area contributed by atoms with Crippen molar-refractivity contribution in [1.82, 2.24) is 0 Å². The molecule has 1 fully saturated rings. The molecule has 12 heavy (non-hydrogen) atoms. The molecule has 1 saturated heterocycles. The fraction of sp³-hybridized carbons (Fsp3) is 0.714. The van der Waals surface area contributed by atoms with E-state index in [4.69, 9.17) is 26.8 Å². The molecule has 0 amide bonds. The fourth-order valence-electron chi connectivity index (χ4n) is 0.999. The molecule has 1 rings (SSSR count). The minimum atomic E-state index is -1.55. The van der Waals surface area contributed by atoms with Gasteiger partial charge >= 0.3 is 0 Å². The van der Waals surface area contributed by atoms with Crippen molar-refractivity contribution in [2.75, 3.05) is 0 Å². The molecule has 1 heterocycles. The molecule has 0 bridgehead atoms. The number of hydrogen-bond donors (Lipinski definition) is 4. The van der Waals surface area contributed by atoms with E-state index < -0.39 is 30.7 Å². The Morgan fingerprint density at radius 2 is 1.58 bits per heavy atom. The lowest BCUT2D eigenvalue weighted by Gasteiger charge is -2.35.